The smallest absolute Gasteiger partial charge is 0.00247 e. The molecule has 1 nitrogen and oxygen atoms in total. The highest BCUT2D eigenvalue weighted by Gasteiger charge is 1.93. The summed E-state index contributed by atoms with van der Waals surface area (Å²) in [5.74, 6) is 0.866. The number of hydrogen-bond acceptors (Lipinski definition) is 1. The van der Waals surface area contributed by atoms with E-state index in [1.165, 1.54) is 19.4 Å². The summed E-state index contributed by atoms with van der Waals surface area (Å²) in [6.45, 7) is 5.78. The first-order valence-electron chi connectivity index (χ1n) is 3.77. The Labute approximate surface area is 66.4 Å². The molecule has 64 valence electrons. The summed E-state index contributed by atoms with van der Waals surface area (Å²) in [7, 11) is 4.25. The van der Waals surface area contributed by atoms with E-state index >= 15 is 0 Å². The van der Waals surface area contributed by atoms with E-state index in [-0.39, 0.29) is 7.43 Å². The lowest BCUT2D eigenvalue weighted by molar-refractivity contribution is 0.378. The standard InChI is InChI=1S/C8H19N.CH4/c1-8(2)6-5-7-9(3)4;/h8H,5-7H2,1-4H3;1H4. The van der Waals surface area contributed by atoms with Crippen molar-refractivity contribution in [1.82, 2.24) is 4.90 Å². The van der Waals surface area contributed by atoms with Crippen molar-refractivity contribution in [2.75, 3.05) is 20.6 Å². The molecular weight excluding hydrogens is 122 g/mol. The van der Waals surface area contributed by atoms with E-state index in [2.05, 4.69) is 32.8 Å². The normalized spacial score (nSPS) is 10.2. The Morgan fingerprint density at radius 3 is 2.00 bits per heavy atom. The molecule has 0 unspecified atom stereocenters. The van der Waals surface area contributed by atoms with E-state index < -0.39 is 0 Å². The van der Waals surface area contributed by atoms with Crippen molar-refractivity contribution in [2.45, 2.75) is 34.1 Å². The molecule has 0 aromatic heterocycles. The van der Waals surface area contributed by atoms with Crippen molar-refractivity contribution in [1.29, 1.82) is 0 Å². The van der Waals surface area contributed by atoms with Crippen LogP contribution in [0.15, 0.2) is 0 Å². The average molecular weight is 145 g/mol. The maximum absolute atomic E-state index is 2.27. The van der Waals surface area contributed by atoms with Gasteiger partial charge in [-0.3, -0.25) is 0 Å². The Morgan fingerprint density at radius 2 is 1.70 bits per heavy atom. The lowest BCUT2D eigenvalue weighted by Crippen LogP contribution is -2.13. The van der Waals surface area contributed by atoms with E-state index in [1.54, 1.807) is 0 Å². The molecule has 0 rings (SSSR count). The van der Waals surface area contributed by atoms with Crippen LogP contribution in [0.1, 0.15) is 34.1 Å². The quantitative estimate of drug-likeness (QED) is 0.588. The Kier molecular flexibility index (Phi) is 8.92. The molecule has 0 atom stereocenters. The summed E-state index contributed by atoms with van der Waals surface area (Å²) < 4.78 is 0. The van der Waals surface area contributed by atoms with Gasteiger partial charge in [0.2, 0.25) is 0 Å². The zero-order chi connectivity index (χ0) is 7.28. The third-order valence-corrected chi connectivity index (χ3v) is 1.39. The zero-order valence-corrected chi connectivity index (χ0v) is 7.15. The maximum atomic E-state index is 2.27. The monoisotopic (exact) mass is 145 g/mol. The zero-order valence-electron chi connectivity index (χ0n) is 7.15. The highest BCUT2D eigenvalue weighted by Crippen LogP contribution is 2.02. The molecule has 10 heavy (non-hydrogen) atoms. The van der Waals surface area contributed by atoms with Crippen molar-refractivity contribution in [3.05, 3.63) is 0 Å². The Morgan fingerprint density at radius 1 is 1.20 bits per heavy atom. The molecule has 0 aromatic rings. The second-order valence-electron chi connectivity index (χ2n) is 3.34. The fourth-order valence-electron chi connectivity index (χ4n) is 0.816. The molecule has 0 N–H and O–H groups in total. The van der Waals surface area contributed by atoms with Crippen molar-refractivity contribution in [3.63, 3.8) is 0 Å². The molecule has 0 aromatic carbocycles. The molecule has 0 fully saturated rings. The van der Waals surface area contributed by atoms with Gasteiger partial charge in [-0.25, -0.2) is 0 Å². The van der Waals surface area contributed by atoms with Gasteiger partial charge < -0.3 is 4.90 Å². The maximum Gasteiger partial charge on any atom is -0.00247 e. The van der Waals surface area contributed by atoms with Gasteiger partial charge in [-0.1, -0.05) is 21.3 Å². The second kappa shape index (κ2) is 7.07. The summed E-state index contributed by atoms with van der Waals surface area (Å²) >= 11 is 0. The molecular formula is C9H23N. The molecule has 0 amide bonds. The molecule has 0 saturated heterocycles. The third kappa shape index (κ3) is 10.9. The van der Waals surface area contributed by atoms with E-state index in [0.29, 0.717) is 0 Å². The Balaban J connectivity index is 0. The molecule has 0 radical (unpaired) electrons. The molecule has 0 spiro atoms. The molecule has 0 bridgehead atoms. The number of rotatable bonds is 4. The fourth-order valence-corrected chi connectivity index (χ4v) is 0.816. The van der Waals surface area contributed by atoms with Gasteiger partial charge in [0.25, 0.3) is 0 Å². The van der Waals surface area contributed by atoms with Gasteiger partial charge in [-0.2, -0.15) is 0 Å². The molecule has 0 saturated carbocycles. The summed E-state index contributed by atoms with van der Waals surface area (Å²) in [6.07, 6.45) is 2.70. The van der Waals surface area contributed by atoms with Gasteiger partial charge in [0.05, 0.1) is 0 Å². The summed E-state index contributed by atoms with van der Waals surface area (Å²) in [5.41, 5.74) is 0. The van der Waals surface area contributed by atoms with Crippen molar-refractivity contribution in [2.24, 2.45) is 5.92 Å². The van der Waals surface area contributed by atoms with Gasteiger partial charge in [0, 0.05) is 0 Å². The van der Waals surface area contributed by atoms with Crippen molar-refractivity contribution in [3.8, 4) is 0 Å². The fraction of sp³-hybridized carbons (Fsp3) is 1.00. The van der Waals surface area contributed by atoms with Crippen LogP contribution in [0.2, 0.25) is 0 Å². The van der Waals surface area contributed by atoms with Gasteiger partial charge in [0.1, 0.15) is 0 Å². The van der Waals surface area contributed by atoms with Crippen LogP contribution in [0.25, 0.3) is 0 Å². The molecule has 0 aliphatic carbocycles. The van der Waals surface area contributed by atoms with Crippen LogP contribution in [0.3, 0.4) is 0 Å². The van der Waals surface area contributed by atoms with Crippen LogP contribution in [0.4, 0.5) is 0 Å². The van der Waals surface area contributed by atoms with E-state index in [9.17, 15) is 0 Å². The second-order valence-corrected chi connectivity index (χ2v) is 3.34. The first-order valence-corrected chi connectivity index (χ1v) is 3.77. The topological polar surface area (TPSA) is 3.24 Å². The lowest BCUT2D eigenvalue weighted by Gasteiger charge is -2.09. The van der Waals surface area contributed by atoms with E-state index in [1.807, 2.05) is 0 Å². The minimum Gasteiger partial charge on any atom is -0.309 e. The number of hydrogen-bond donors (Lipinski definition) is 0. The molecule has 1 heteroatoms. The highest BCUT2D eigenvalue weighted by atomic mass is 15.0. The van der Waals surface area contributed by atoms with Gasteiger partial charge >= 0.3 is 0 Å². The summed E-state index contributed by atoms with van der Waals surface area (Å²) in [6, 6.07) is 0. The van der Waals surface area contributed by atoms with Crippen LogP contribution in [0, 0.1) is 5.92 Å². The first-order chi connectivity index (χ1) is 4.13. The summed E-state index contributed by atoms with van der Waals surface area (Å²) in [4.78, 5) is 2.24. The highest BCUT2D eigenvalue weighted by molar-refractivity contribution is 4.48. The van der Waals surface area contributed by atoms with Gasteiger partial charge in [0.15, 0.2) is 0 Å². The molecule has 0 aliphatic rings. The van der Waals surface area contributed by atoms with E-state index in [0.717, 1.165) is 5.92 Å². The Hall–Kier alpha value is -0.0400. The summed E-state index contributed by atoms with van der Waals surface area (Å²) in [5, 5.41) is 0. The first kappa shape index (κ1) is 12.6. The number of nitrogens with zero attached hydrogens (tertiary/aromatic N) is 1. The lowest BCUT2D eigenvalue weighted by atomic mass is 10.1. The predicted octanol–water partition coefficient (Wildman–Crippen LogP) is 2.62. The van der Waals surface area contributed by atoms with Crippen LogP contribution >= 0.6 is 0 Å². The predicted molar refractivity (Wildman–Crippen MR) is 49.4 cm³/mol. The molecule has 0 aliphatic heterocycles. The Bertz CT molecular complexity index is 49.7. The van der Waals surface area contributed by atoms with Crippen LogP contribution in [-0.2, 0) is 0 Å². The third-order valence-electron chi connectivity index (χ3n) is 1.39. The van der Waals surface area contributed by atoms with Crippen LogP contribution < -0.4 is 0 Å². The minimum atomic E-state index is 0. The largest absolute Gasteiger partial charge is 0.309 e. The van der Waals surface area contributed by atoms with Crippen LogP contribution in [-0.4, -0.2) is 25.5 Å². The average Bonchev–Trinajstić information content (AvgIpc) is 1.63. The van der Waals surface area contributed by atoms with Crippen molar-refractivity contribution < 1.29 is 0 Å². The van der Waals surface area contributed by atoms with Gasteiger partial charge in [-0.15, -0.1) is 0 Å². The van der Waals surface area contributed by atoms with Gasteiger partial charge in [-0.05, 0) is 39.4 Å². The minimum absolute atomic E-state index is 0. The molecule has 0 heterocycles. The van der Waals surface area contributed by atoms with Crippen LogP contribution in [0.5, 0.6) is 0 Å². The van der Waals surface area contributed by atoms with E-state index in [4.69, 9.17) is 0 Å². The van der Waals surface area contributed by atoms with Crippen molar-refractivity contribution >= 4 is 0 Å². The SMILES string of the molecule is C.CC(C)CCCN(C)C.